The van der Waals surface area contributed by atoms with Crippen LogP contribution in [0.4, 0.5) is 5.69 Å². The second kappa shape index (κ2) is 12.5. The zero-order valence-corrected chi connectivity index (χ0v) is 15.4. The van der Waals surface area contributed by atoms with Crippen molar-refractivity contribution in [3.8, 4) is 11.5 Å². The fourth-order valence-corrected chi connectivity index (χ4v) is 2.12. The van der Waals surface area contributed by atoms with Gasteiger partial charge in [0.05, 0.1) is 13.7 Å². The number of rotatable bonds is 11. The zero-order chi connectivity index (χ0) is 17.6. The summed E-state index contributed by atoms with van der Waals surface area (Å²) in [4.78, 5) is 4.59. The highest BCUT2D eigenvalue weighted by Crippen LogP contribution is 2.30. The summed E-state index contributed by atoms with van der Waals surface area (Å²) in [6.07, 6.45) is 2.02. The van der Waals surface area contributed by atoms with Gasteiger partial charge in [-0.3, -0.25) is 4.99 Å². The van der Waals surface area contributed by atoms with Crippen LogP contribution in [-0.2, 0) is 4.74 Å². The van der Waals surface area contributed by atoms with Gasteiger partial charge in [-0.2, -0.15) is 0 Å². The molecule has 1 aromatic carbocycles. The molecule has 0 aliphatic rings. The van der Waals surface area contributed by atoms with Crippen LogP contribution in [0, 0.1) is 0 Å². The molecule has 0 unspecified atom stereocenters. The molecule has 0 heterocycles. The number of hydrogen-bond acceptors (Lipinski definition) is 4. The van der Waals surface area contributed by atoms with E-state index in [-0.39, 0.29) is 0 Å². The molecule has 0 bridgehead atoms. The zero-order valence-electron chi connectivity index (χ0n) is 15.4. The lowest BCUT2D eigenvalue weighted by Gasteiger charge is -2.14. The minimum absolute atomic E-state index is 0.591. The number of guanidine groups is 1. The van der Waals surface area contributed by atoms with Crippen molar-refractivity contribution in [1.82, 2.24) is 5.32 Å². The Morgan fingerprint density at radius 3 is 2.58 bits per heavy atom. The molecule has 6 nitrogen and oxygen atoms in total. The third kappa shape index (κ3) is 7.55. The number of nitrogens with one attached hydrogen (secondary N) is 2. The number of unbranched alkanes of at least 4 members (excludes halogenated alkanes) is 1. The molecule has 0 fully saturated rings. The molecule has 6 heteroatoms. The molecule has 136 valence electrons. The number of ether oxygens (including phenoxy) is 3. The SMILES string of the molecule is CCNC(=NCCCCOCC)Nc1ccc(OC)c(OCC)c1. The first-order valence-corrected chi connectivity index (χ1v) is 8.69. The predicted octanol–water partition coefficient (Wildman–Crippen LogP) is 3.29. The Morgan fingerprint density at radius 1 is 1.08 bits per heavy atom. The molecule has 2 N–H and O–H groups in total. The van der Waals surface area contributed by atoms with Crippen molar-refractivity contribution in [1.29, 1.82) is 0 Å². The summed E-state index contributed by atoms with van der Waals surface area (Å²) in [7, 11) is 1.64. The largest absolute Gasteiger partial charge is 0.493 e. The average molecular weight is 337 g/mol. The van der Waals surface area contributed by atoms with Crippen LogP contribution in [0.25, 0.3) is 0 Å². The van der Waals surface area contributed by atoms with Gasteiger partial charge in [0.15, 0.2) is 17.5 Å². The first-order chi connectivity index (χ1) is 11.7. The smallest absolute Gasteiger partial charge is 0.195 e. The Morgan fingerprint density at radius 2 is 1.92 bits per heavy atom. The van der Waals surface area contributed by atoms with Gasteiger partial charge in [0.1, 0.15) is 0 Å². The molecule has 0 radical (unpaired) electrons. The highest BCUT2D eigenvalue weighted by atomic mass is 16.5. The Bertz CT molecular complexity index is 492. The molecule has 0 saturated carbocycles. The topological polar surface area (TPSA) is 64.1 Å². The Kier molecular flexibility index (Phi) is 10.4. The van der Waals surface area contributed by atoms with Crippen molar-refractivity contribution in [2.75, 3.05) is 45.3 Å². The molecule has 0 spiro atoms. The monoisotopic (exact) mass is 337 g/mol. The van der Waals surface area contributed by atoms with E-state index in [0.29, 0.717) is 6.61 Å². The summed E-state index contributed by atoms with van der Waals surface area (Å²) in [5.41, 5.74) is 0.910. The van der Waals surface area contributed by atoms with Crippen molar-refractivity contribution >= 4 is 11.6 Å². The van der Waals surface area contributed by atoms with Gasteiger partial charge >= 0.3 is 0 Å². The van der Waals surface area contributed by atoms with Gasteiger partial charge in [-0.25, -0.2) is 0 Å². The second-order valence-electron chi connectivity index (χ2n) is 5.09. The van der Waals surface area contributed by atoms with Gasteiger partial charge in [-0.1, -0.05) is 0 Å². The van der Waals surface area contributed by atoms with Crippen LogP contribution < -0.4 is 20.1 Å². The van der Waals surface area contributed by atoms with Crippen molar-refractivity contribution in [3.63, 3.8) is 0 Å². The quantitative estimate of drug-likeness (QED) is 0.368. The van der Waals surface area contributed by atoms with Crippen LogP contribution >= 0.6 is 0 Å². The molecule has 0 aliphatic carbocycles. The summed E-state index contributed by atoms with van der Waals surface area (Å²) in [6, 6.07) is 5.76. The number of hydrogen-bond donors (Lipinski definition) is 2. The predicted molar refractivity (Wildman–Crippen MR) is 99.5 cm³/mol. The van der Waals surface area contributed by atoms with Crippen LogP contribution in [0.15, 0.2) is 23.2 Å². The van der Waals surface area contributed by atoms with Gasteiger partial charge in [0.2, 0.25) is 0 Å². The Hall–Kier alpha value is -1.95. The normalized spacial score (nSPS) is 11.2. The van der Waals surface area contributed by atoms with E-state index in [9.17, 15) is 0 Å². The van der Waals surface area contributed by atoms with Gasteiger partial charge in [-0.15, -0.1) is 0 Å². The van der Waals surface area contributed by atoms with Gasteiger partial charge in [-0.05, 0) is 45.7 Å². The van der Waals surface area contributed by atoms with E-state index in [1.165, 1.54) is 0 Å². The summed E-state index contributed by atoms with van der Waals surface area (Å²) >= 11 is 0. The number of aliphatic imine (C=N–C) groups is 1. The van der Waals surface area contributed by atoms with Crippen LogP contribution in [0.3, 0.4) is 0 Å². The van der Waals surface area contributed by atoms with Crippen molar-refractivity contribution < 1.29 is 14.2 Å². The van der Waals surface area contributed by atoms with Gasteiger partial charge in [0.25, 0.3) is 0 Å². The Labute approximate surface area is 145 Å². The molecule has 0 aliphatic heterocycles. The lowest BCUT2D eigenvalue weighted by atomic mass is 10.2. The highest BCUT2D eigenvalue weighted by Gasteiger charge is 2.06. The van der Waals surface area contributed by atoms with Crippen LogP contribution in [0.5, 0.6) is 11.5 Å². The van der Waals surface area contributed by atoms with Gasteiger partial charge < -0.3 is 24.8 Å². The second-order valence-corrected chi connectivity index (χ2v) is 5.09. The minimum atomic E-state index is 0.591. The Balaban J connectivity index is 2.64. The van der Waals surface area contributed by atoms with E-state index in [1.807, 2.05) is 39.0 Å². The maximum Gasteiger partial charge on any atom is 0.195 e. The number of benzene rings is 1. The molecule has 0 atom stereocenters. The molecule has 0 amide bonds. The summed E-state index contributed by atoms with van der Waals surface area (Å²) in [5, 5.41) is 6.55. The highest BCUT2D eigenvalue weighted by molar-refractivity contribution is 5.93. The standard InChI is InChI=1S/C18H31N3O3/c1-5-19-18(20-12-8-9-13-23-6-2)21-15-10-11-16(22-4)17(14-15)24-7-3/h10-11,14H,5-9,12-13H2,1-4H3,(H2,19,20,21). The minimum Gasteiger partial charge on any atom is -0.493 e. The molecule has 1 aromatic rings. The van der Waals surface area contributed by atoms with Crippen LogP contribution in [-0.4, -0.2) is 46.0 Å². The molecule has 1 rings (SSSR count). The third-order valence-electron chi connectivity index (χ3n) is 3.24. The maximum absolute atomic E-state index is 5.61. The molecular weight excluding hydrogens is 306 g/mol. The first kappa shape index (κ1) is 20.1. The van der Waals surface area contributed by atoms with E-state index in [0.717, 1.165) is 62.3 Å². The van der Waals surface area contributed by atoms with Gasteiger partial charge in [0, 0.05) is 38.1 Å². The van der Waals surface area contributed by atoms with Crippen LogP contribution in [0.2, 0.25) is 0 Å². The summed E-state index contributed by atoms with van der Waals surface area (Å²) in [6.45, 7) is 9.74. The summed E-state index contributed by atoms with van der Waals surface area (Å²) < 4.78 is 16.2. The number of anilines is 1. The van der Waals surface area contributed by atoms with E-state index in [1.54, 1.807) is 7.11 Å². The first-order valence-electron chi connectivity index (χ1n) is 8.69. The number of methoxy groups -OCH3 is 1. The number of nitrogens with zero attached hydrogens (tertiary/aromatic N) is 1. The lowest BCUT2D eigenvalue weighted by Crippen LogP contribution is -2.30. The van der Waals surface area contributed by atoms with Crippen molar-refractivity contribution in [2.45, 2.75) is 33.6 Å². The molecular formula is C18H31N3O3. The fraction of sp³-hybridized carbons (Fsp3) is 0.611. The average Bonchev–Trinajstić information content (AvgIpc) is 2.58. The maximum atomic E-state index is 5.61. The van der Waals surface area contributed by atoms with E-state index in [4.69, 9.17) is 14.2 Å². The fourth-order valence-electron chi connectivity index (χ4n) is 2.12. The van der Waals surface area contributed by atoms with E-state index in [2.05, 4.69) is 15.6 Å². The van der Waals surface area contributed by atoms with E-state index < -0.39 is 0 Å². The van der Waals surface area contributed by atoms with E-state index >= 15 is 0 Å². The molecule has 0 aromatic heterocycles. The van der Waals surface area contributed by atoms with Crippen molar-refractivity contribution in [2.24, 2.45) is 4.99 Å². The third-order valence-corrected chi connectivity index (χ3v) is 3.24. The van der Waals surface area contributed by atoms with Crippen molar-refractivity contribution in [3.05, 3.63) is 18.2 Å². The summed E-state index contributed by atoms with van der Waals surface area (Å²) in [5.74, 6) is 2.21. The van der Waals surface area contributed by atoms with Crippen LogP contribution in [0.1, 0.15) is 33.6 Å². The lowest BCUT2D eigenvalue weighted by molar-refractivity contribution is 0.144. The molecule has 0 saturated heterocycles. The molecule has 24 heavy (non-hydrogen) atoms.